The van der Waals surface area contributed by atoms with Crippen LogP contribution in [-0.2, 0) is 30.7 Å². The van der Waals surface area contributed by atoms with Gasteiger partial charge in [0.05, 0.1) is 41.6 Å². The molecule has 0 spiro atoms. The van der Waals surface area contributed by atoms with Crippen LogP contribution in [0.5, 0.6) is 0 Å². The van der Waals surface area contributed by atoms with Crippen molar-refractivity contribution in [2.45, 2.75) is 56.1 Å². The first-order valence-corrected chi connectivity index (χ1v) is 15.1. The summed E-state index contributed by atoms with van der Waals surface area (Å²) in [6.07, 6.45) is -1.82. The van der Waals surface area contributed by atoms with Gasteiger partial charge in [0.25, 0.3) is 0 Å². The maximum atomic E-state index is 13.8. The van der Waals surface area contributed by atoms with Gasteiger partial charge in [0, 0.05) is 13.1 Å². The van der Waals surface area contributed by atoms with E-state index < -0.39 is 34.4 Å². The summed E-state index contributed by atoms with van der Waals surface area (Å²) in [7, 11) is -4.07. The smallest absolute Gasteiger partial charge is 0.407 e. The van der Waals surface area contributed by atoms with Gasteiger partial charge in [0.15, 0.2) is 17.7 Å². The molecule has 3 aromatic rings. The zero-order valence-electron chi connectivity index (χ0n) is 23.0. The number of nitrogens with two attached hydrogens (primary N) is 1. The van der Waals surface area contributed by atoms with Crippen molar-refractivity contribution in [3.63, 3.8) is 0 Å². The van der Waals surface area contributed by atoms with Gasteiger partial charge in [-0.25, -0.2) is 13.2 Å². The molecule has 0 bridgehead atoms. The largest absolute Gasteiger partial charge is 0.443 e. The van der Waals surface area contributed by atoms with E-state index in [1.54, 1.807) is 0 Å². The monoisotopic (exact) mass is 588 g/mol. The van der Waals surface area contributed by atoms with Crippen LogP contribution in [-0.4, -0.2) is 79.9 Å². The first-order valence-electron chi connectivity index (χ1n) is 13.7. The molecule has 5 rings (SSSR count). The third kappa shape index (κ3) is 6.65. The number of nitrogens with zero attached hydrogens (tertiary/aromatic N) is 2. The number of amides is 1. The van der Waals surface area contributed by atoms with Crippen LogP contribution < -0.4 is 11.1 Å². The number of nitrogen functional groups attached to an aromatic ring is 1. The fourth-order valence-corrected chi connectivity index (χ4v) is 6.93. The Bertz CT molecular complexity index is 1450. The second kappa shape index (κ2) is 12.3. The summed E-state index contributed by atoms with van der Waals surface area (Å²) in [6, 6.07) is 12.8. The molecule has 222 valence electrons. The Morgan fingerprint density at radius 1 is 1.20 bits per heavy atom. The van der Waals surface area contributed by atoms with Crippen LogP contribution in [0.2, 0.25) is 0 Å². The SMILES string of the molecule is CC(C)CN(CC(O)C(Cc1ccccc1)NC(=O)OC1COC2OCCC12)S(=O)(=O)c1ccc2onc(N)c2c1. The highest BCUT2D eigenvalue weighted by Gasteiger charge is 2.44. The zero-order valence-corrected chi connectivity index (χ0v) is 23.8. The Kier molecular flexibility index (Phi) is 8.80. The van der Waals surface area contributed by atoms with Gasteiger partial charge >= 0.3 is 6.09 Å². The summed E-state index contributed by atoms with van der Waals surface area (Å²) in [4.78, 5) is 13.0. The highest BCUT2D eigenvalue weighted by atomic mass is 32.2. The predicted molar refractivity (Wildman–Crippen MR) is 149 cm³/mol. The number of aliphatic hydroxyl groups excluding tert-OH is 1. The number of carbonyl (C=O) groups is 1. The maximum absolute atomic E-state index is 13.8. The topological polar surface area (TPSA) is 166 Å². The van der Waals surface area contributed by atoms with Crippen molar-refractivity contribution in [2.24, 2.45) is 11.8 Å². The number of rotatable bonds is 11. The van der Waals surface area contributed by atoms with Gasteiger partial charge in [-0.1, -0.05) is 49.3 Å². The minimum atomic E-state index is -4.07. The van der Waals surface area contributed by atoms with Gasteiger partial charge in [-0.15, -0.1) is 0 Å². The van der Waals surface area contributed by atoms with Gasteiger partial charge in [0.2, 0.25) is 10.0 Å². The third-order valence-corrected chi connectivity index (χ3v) is 9.20. The van der Waals surface area contributed by atoms with Gasteiger partial charge in [-0.05, 0) is 42.5 Å². The molecule has 13 heteroatoms. The van der Waals surface area contributed by atoms with Crippen molar-refractivity contribution in [3.8, 4) is 0 Å². The van der Waals surface area contributed by atoms with Crippen molar-refractivity contribution < 1.29 is 37.1 Å². The molecule has 12 nitrogen and oxygen atoms in total. The van der Waals surface area contributed by atoms with Crippen LogP contribution in [0.4, 0.5) is 10.6 Å². The second-order valence-corrected chi connectivity index (χ2v) is 12.9. The number of nitrogens with one attached hydrogen (secondary N) is 1. The number of aromatic nitrogens is 1. The van der Waals surface area contributed by atoms with Crippen LogP contribution in [0.1, 0.15) is 25.8 Å². The molecule has 0 radical (unpaired) electrons. The fraction of sp³-hybridized carbons (Fsp3) is 0.500. The second-order valence-electron chi connectivity index (χ2n) is 10.9. The van der Waals surface area contributed by atoms with Crippen LogP contribution in [0.25, 0.3) is 11.0 Å². The lowest BCUT2D eigenvalue weighted by molar-refractivity contribution is -0.0907. The molecule has 4 N–H and O–H groups in total. The molecule has 3 heterocycles. The van der Waals surface area contributed by atoms with Crippen molar-refractivity contribution in [1.82, 2.24) is 14.8 Å². The minimum absolute atomic E-state index is 0.00528. The van der Waals surface area contributed by atoms with E-state index in [1.807, 2.05) is 44.2 Å². The Hall–Kier alpha value is -3.23. The van der Waals surface area contributed by atoms with Crippen LogP contribution in [0.3, 0.4) is 0 Å². The van der Waals surface area contributed by atoms with E-state index in [2.05, 4.69) is 10.5 Å². The van der Waals surface area contributed by atoms with Crippen molar-refractivity contribution in [2.75, 3.05) is 32.0 Å². The highest BCUT2D eigenvalue weighted by molar-refractivity contribution is 7.89. The molecule has 1 aromatic heterocycles. The Labute approximate surface area is 238 Å². The number of carbonyl (C=O) groups excluding carboxylic acids is 1. The average molecular weight is 589 g/mol. The highest BCUT2D eigenvalue weighted by Crippen LogP contribution is 2.33. The Morgan fingerprint density at radius 3 is 2.73 bits per heavy atom. The summed E-state index contributed by atoms with van der Waals surface area (Å²) in [5.41, 5.74) is 7.08. The molecule has 2 aliphatic rings. The number of benzene rings is 2. The number of ether oxygens (including phenoxy) is 3. The third-order valence-electron chi connectivity index (χ3n) is 7.38. The summed E-state index contributed by atoms with van der Waals surface area (Å²) < 4.78 is 50.7. The standard InChI is InChI=1S/C28H36N4O8S/c1-17(2)14-32(41(35,36)19-8-9-24-21(13-19)26(29)31-40-24)15-23(33)22(12-18-6-4-3-5-7-18)30-28(34)39-25-16-38-27-20(25)10-11-37-27/h3-9,13,17,20,22-23,25,27,33H,10-12,14-16H2,1-2H3,(H2,29,31)(H,30,34). The molecule has 0 aliphatic carbocycles. The average Bonchev–Trinajstić information content (AvgIpc) is 3.66. The van der Waals surface area contributed by atoms with Crippen LogP contribution in [0, 0.1) is 11.8 Å². The Morgan fingerprint density at radius 2 is 1.98 bits per heavy atom. The van der Waals surface area contributed by atoms with E-state index in [0.29, 0.717) is 17.6 Å². The van der Waals surface area contributed by atoms with Crippen molar-refractivity contribution in [1.29, 1.82) is 0 Å². The van der Waals surface area contributed by atoms with Gasteiger partial charge in [-0.2, -0.15) is 4.31 Å². The van der Waals surface area contributed by atoms with Crippen LogP contribution in [0.15, 0.2) is 57.9 Å². The Balaban J connectivity index is 1.35. The molecule has 0 saturated carbocycles. The maximum Gasteiger partial charge on any atom is 0.407 e. The van der Waals surface area contributed by atoms with Crippen molar-refractivity contribution >= 4 is 32.9 Å². The molecule has 2 aromatic carbocycles. The number of sulfonamides is 1. The lowest BCUT2D eigenvalue weighted by Gasteiger charge is -2.31. The van der Waals surface area contributed by atoms with Gasteiger partial charge in [0.1, 0.15) is 6.10 Å². The number of alkyl carbamates (subject to hydrolysis) is 1. The number of aliphatic hydroxyl groups is 1. The molecule has 5 atom stereocenters. The van der Waals surface area contributed by atoms with E-state index >= 15 is 0 Å². The quantitative estimate of drug-likeness (QED) is 0.303. The van der Waals surface area contributed by atoms with E-state index in [-0.39, 0.29) is 55.0 Å². The molecular formula is C28H36N4O8S. The summed E-state index contributed by atoms with van der Waals surface area (Å²) >= 11 is 0. The van der Waals surface area contributed by atoms with Gasteiger partial charge in [-0.3, -0.25) is 0 Å². The zero-order chi connectivity index (χ0) is 29.1. The lowest BCUT2D eigenvalue weighted by Crippen LogP contribution is -2.51. The molecule has 5 unspecified atom stereocenters. The summed E-state index contributed by atoms with van der Waals surface area (Å²) in [5, 5.41) is 18.3. The molecule has 2 fully saturated rings. The van der Waals surface area contributed by atoms with Gasteiger partial charge < -0.3 is 34.9 Å². The lowest BCUT2D eigenvalue weighted by atomic mass is 10.0. The fourth-order valence-electron chi connectivity index (χ4n) is 5.28. The number of fused-ring (bicyclic) bond motifs is 2. The normalized spacial score (nSPS) is 22.2. The number of hydrogen-bond acceptors (Lipinski definition) is 10. The number of hydrogen-bond donors (Lipinski definition) is 3. The number of anilines is 1. The first-order chi connectivity index (χ1) is 19.6. The first kappa shape index (κ1) is 29.3. The predicted octanol–water partition coefficient (Wildman–Crippen LogP) is 2.52. The molecular weight excluding hydrogens is 552 g/mol. The molecule has 2 saturated heterocycles. The van der Waals surface area contributed by atoms with E-state index in [0.717, 1.165) is 12.0 Å². The van der Waals surface area contributed by atoms with Crippen LogP contribution >= 0.6 is 0 Å². The van der Waals surface area contributed by atoms with E-state index in [1.165, 1.54) is 22.5 Å². The molecule has 2 aliphatic heterocycles. The van der Waals surface area contributed by atoms with E-state index in [4.69, 9.17) is 24.5 Å². The minimum Gasteiger partial charge on any atom is -0.443 e. The molecule has 41 heavy (non-hydrogen) atoms. The molecule has 1 amide bonds. The van der Waals surface area contributed by atoms with Crippen molar-refractivity contribution in [3.05, 3.63) is 54.1 Å². The summed E-state index contributed by atoms with van der Waals surface area (Å²) in [6.45, 7) is 4.43. The summed E-state index contributed by atoms with van der Waals surface area (Å²) in [5.74, 6) is -0.00110. The van der Waals surface area contributed by atoms with E-state index in [9.17, 15) is 18.3 Å².